The lowest BCUT2D eigenvalue weighted by Crippen LogP contribution is -2.28. The molecule has 0 atom stereocenters. The second-order valence-corrected chi connectivity index (χ2v) is 5.87. The minimum atomic E-state index is -3.50. The summed E-state index contributed by atoms with van der Waals surface area (Å²) in [7, 11) is -0.614. The fourth-order valence-corrected chi connectivity index (χ4v) is 2.14. The van der Waals surface area contributed by atoms with Gasteiger partial charge >= 0.3 is 10.2 Å². The third kappa shape index (κ3) is 2.40. The highest BCUT2D eigenvalue weighted by Gasteiger charge is 2.19. The normalized spacial score (nSPS) is 14.6. The van der Waals surface area contributed by atoms with Crippen molar-refractivity contribution in [3.05, 3.63) is 23.8 Å². The summed E-state index contributed by atoms with van der Waals surface area (Å²) in [5.41, 5.74) is 1.99. The van der Waals surface area contributed by atoms with E-state index < -0.39 is 10.2 Å². The van der Waals surface area contributed by atoms with Crippen LogP contribution in [-0.2, 0) is 21.4 Å². The highest BCUT2D eigenvalue weighted by Crippen LogP contribution is 2.26. The summed E-state index contributed by atoms with van der Waals surface area (Å²) in [4.78, 5) is 11.1. The molecule has 17 heavy (non-hydrogen) atoms. The molecular weight excluding hydrogens is 242 g/mol. The molecular formula is C10H13N3O3S. The van der Waals surface area contributed by atoms with Crippen molar-refractivity contribution in [2.45, 2.75) is 6.42 Å². The number of carbonyl (C=O) groups excluding carboxylic acids is 1. The van der Waals surface area contributed by atoms with Gasteiger partial charge in [0.05, 0.1) is 12.1 Å². The van der Waals surface area contributed by atoms with Crippen molar-refractivity contribution in [3.8, 4) is 0 Å². The van der Waals surface area contributed by atoms with E-state index in [1.165, 1.54) is 14.1 Å². The van der Waals surface area contributed by atoms with Crippen molar-refractivity contribution in [1.82, 2.24) is 4.31 Å². The van der Waals surface area contributed by atoms with Gasteiger partial charge in [-0.25, -0.2) is 0 Å². The molecule has 1 aliphatic heterocycles. The van der Waals surface area contributed by atoms with Crippen molar-refractivity contribution in [2.24, 2.45) is 0 Å². The van der Waals surface area contributed by atoms with Crippen LogP contribution in [0.2, 0.25) is 0 Å². The van der Waals surface area contributed by atoms with Gasteiger partial charge in [-0.05, 0) is 23.8 Å². The number of fused-ring (bicyclic) bond motifs is 1. The Morgan fingerprint density at radius 2 is 2.06 bits per heavy atom. The summed E-state index contributed by atoms with van der Waals surface area (Å²) in [5, 5.41) is 2.68. The van der Waals surface area contributed by atoms with Crippen molar-refractivity contribution >= 4 is 27.5 Å². The van der Waals surface area contributed by atoms with Crippen LogP contribution in [0.25, 0.3) is 0 Å². The van der Waals surface area contributed by atoms with E-state index in [2.05, 4.69) is 10.0 Å². The summed E-state index contributed by atoms with van der Waals surface area (Å²) in [6.07, 6.45) is 0.285. The molecule has 0 bridgehead atoms. The standard InChI is InChI=1S/C10H13N3O3S/c1-13(2)17(15,16)12-8-3-4-9-7(5-8)6-10(14)11-9/h3-5,12H,6H2,1-2H3,(H,11,14). The Labute approximate surface area is 99.8 Å². The average molecular weight is 255 g/mol. The lowest BCUT2D eigenvalue weighted by Gasteiger charge is -2.13. The number of nitrogens with one attached hydrogen (secondary N) is 2. The average Bonchev–Trinajstić information content (AvgIpc) is 2.56. The number of hydrogen-bond donors (Lipinski definition) is 2. The number of rotatable bonds is 3. The molecule has 6 nitrogen and oxygen atoms in total. The topological polar surface area (TPSA) is 78.5 Å². The van der Waals surface area contributed by atoms with Gasteiger partial charge in [0.2, 0.25) is 5.91 Å². The molecule has 2 rings (SSSR count). The maximum absolute atomic E-state index is 11.6. The van der Waals surface area contributed by atoms with E-state index in [1.54, 1.807) is 18.2 Å². The number of carbonyl (C=O) groups is 1. The molecule has 0 radical (unpaired) electrons. The van der Waals surface area contributed by atoms with Crippen LogP contribution < -0.4 is 10.0 Å². The number of nitrogens with zero attached hydrogens (tertiary/aromatic N) is 1. The van der Waals surface area contributed by atoms with Crippen LogP contribution in [0.1, 0.15) is 5.56 Å². The maximum atomic E-state index is 11.6. The first-order chi connectivity index (χ1) is 7.88. The minimum Gasteiger partial charge on any atom is -0.326 e. The second-order valence-electron chi connectivity index (χ2n) is 3.99. The van der Waals surface area contributed by atoms with Crippen LogP contribution in [0.15, 0.2) is 18.2 Å². The van der Waals surface area contributed by atoms with Crippen molar-refractivity contribution in [2.75, 3.05) is 24.1 Å². The van der Waals surface area contributed by atoms with Gasteiger partial charge in [0, 0.05) is 19.8 Å². The second kappa shape index (κ2) is 4.01. The predicted octanol–water partition coefficient (Wildman–Crippen LogP) is 0.400. The van der Waals surface area contributed by atoms with E-state index in [1.807, 2.05) is 0 Å². The molecule has 0 aliphatic carbocycles. The summed E-state index contributed by atoms with van der Waals surface area (Å²) >= 11 is 0. The van der Waals surface area contributed by atoms with Crippen LogP contribution >= 0.6 is 0 Å². The fraction of sp³-hybridized carbons (Fsp3) is 0.300. The monoisotopic (exact) mass is 255 g/mol. The van der Waals surface area contributed by atoms with Crippen LogP contribution in [0.5, 0.6) is 0 Å². The molecule has 0 aromatic heterocycles. The third-order valence-corrected chi connectivity index (χ3v) is 3.91. The van der Waals surface area contributed by atoms with Crippen LogP contribution in [0.4, 0.5) is 11.4 Å². The third-order valence-electron chi connectivity index (χ3n) is 2.46. The maximum Gasteiger partial charge on any atom is 0.301 e. The highest BCUT2D eigenvalue weighted by atomic mass is 32.2. The number of amides is 1. The number of benzene rings is 1. The zero-order chi connectivity index (χ0) is 12.6. The Morgan fingerprint density at radius 3 is 2.71 bits per heavy atom. The molecule has 1 amide bonds. The lowest BCUT2D eigenvalue weighted by atomic mass is 10.1. The fourth-order valence-electron chi connectivity index (χ4n) is 1.53. The van der Waals surface area contributed by atoms with E-state index in [0.29, 0.717) is 5.69 Å². The molecule has 92 valence electrons. The quantitative estimate of drug-likeness (QED) is 0.820. The zero-order valence-electron chi connectivity index (χ0n) is 9.52. The first-order valence-corrected chi connectivity index (χ1v) is 6.45. The van der Waals surface area contributed by atoms with E-state index in [4.69, 9.17) is 0 Å². The summed E-state index contributed by atoms with van der Waals surface area (Å²) in [6.45, 7) is 0. The van der Waals surface area contributed by atoms with E-state index in [0.717, 1.165) is 15.6 Å². The molecule has 0 fully saturated rings. The Hall–Kier alpha value is -1.60. The van der Waals surface area contributed by atoms with E-state index >= 15 is 0 Å². The van der Waals surface area contributed by atoms with E-state index in [9.17, 15) is 13.2 Å². The first kappa shape index (κ1) is 11.9. The van der Waals surface area contributed by atoms with Crippen molar-refractivity contribution < 1.29 is 13.2 Å². The van der Waals surface area contributed by atoms with Gasteiger partial charge in [-0.1, -0.05) is 0 Å². The first-order valence-electron chi connectivity index (χ1n) is 5.01. The van der Waals surface area contributed by atoms with Gasteiger partial charge in [0.15, 0.2) is 0 Å². The molecule has 1 aromatic carbocycles. The Balaban J connectivity index is 2.26. The molecule has 7 heteroatoms. The van der Waals surface area contributed by atoms with Crippen LogP contribution in [-0.4, -0.2) is 32.7 Å². The van der Waals surface area contributed by atoms with Gasteiger partial charge < -0.3 is 5.32 Å². The highest BCUT2D eigenvalue weighted by molar-refractivity contribution is 7.90. The van der Waals surface area contributed by atoms with Gasteiger partial charge in [0.1, 0.15) is 0 Å². The molecule has 0 saturated carbocycles. The van der Waals surface area contributed by atoms with Gasteiger partial charge in [-0.2, -0.15) is 12.7 Å². The van der Waals surface area contributed by atoms with Crippen LogP contribution in [0.3, 0.4) is 0 Å². The summed E-state index contributed by atoms with van der Waals surface area (Å²) < 4.78 is 26.7. The van der Waals surface area contributed by atoms with Gasteiger partial charge in [0.25, 0.3) is 0 Å². The smallest absolute Gasteiger partial charge is 0.301 e. The van der Waals surface area contributed by atoms with Crippen molar-refractivity contribution in [3.63, 3.8) is 0 Å². The molecule has 1 aromatic rings. The van der Waals surface area contributed by atoms with Gasteiger partial charge in [-0.3, -0.25) is 9.52 Å². The Morgan fingerprint density at radius 1 is 1.35 bits per heavy atom. The van der Waals surface area contributed by atoms with Crippen LogP contribution in [0, 0.1) is 0 Å². The summed E-state index contributed by atoms with van der Waals surface area (Å²) in [6, 6.07) is 4.97. The Bertz CT molecular complexity index is 566. The Kier molecular flexibility index (Phi) is 2.80. The predicted molar refractivity (Wildman–Crippen MR) is 65.0 cm³/mol. The molecule has 0 saturated heterocycles. The lowest BCUT2D eigenvalue weighted by molar-refractivity contribution is -0.115. The SMILES string of the molecule is CN(C)S(=O)(=O)Nc1ccc2c(c1)CC(=O)N2. The largest absolute Gasteiger partial charge is 0.326 e. The van der Waals surface area contributed by atoms with E-state index in [-0.39, 0.29) is 12.3 Å². The number of anilines is 2. The zero-order valence-corrected chi connectivity index (χ0v) is 10.3. The minimum absolute atomic E-state index is 0.0763. The van der Waals surface area contributed by atoms with Gasteiger partial charge in [-0.15, -0.1) is 0 Å². The molecule has 0 unspecified atom stereocenters. The van der Waals surface area contributed by atoms with Crippen molar-refractivity contribution in [1.29, 1.82) is 0 Å². The summed E-state index contributed by atoms with van der Waals surface area (Å²) in [5.74, 6) is -0.0763. The molecule has 1 heterocycles. The number of hydrogen-bond acceptors (Lipinski definition) is 3. The molecule has 2 N–H and O–H groups in total. The molecule has 1 aliphatic rings. The molecule has 0 spiro atoms.